The van der Waals surface area contributed by atoms with Gasteiger partial charge >= 0.3 is 0 Å². The van der Waals surface area contributed by atoms with Gasteiger partial charge < -0.3 is 5.32 Å². The highest BCUT2D eigenvalue weighted by Gasteiger charge is 2.36. The highest BCUT2D eigenvalue weighted by Crippen LogP contribution is 2.43. The molecule has 0 aromatic heterocycles. The number of carbonyl (C=O) groups is 1. The molecule has 3 aromatic carbocycles. The number of sulfonamides is 1. The van der Waals surface area contributed by atoms with Crippen LogP contribution in [0.15, 0.2) is 65.6 Å². The van der Waals surface area contributed by atoms with Crippen LogP contribution in [0.4, 0.5) is 5.69 Å². The third-order valence-electron chi connectivity index (χ3n) is 5.86. The fourth-order valence-corrected chi connectivity index (χ4v) is 5.60. The molecule has 1 N–H and O–H groups in total. The number of fused-ring (bicyclic) bond motifs is 3. The lowest BCUT2D eigenvalue weighted by Gasteiger charge is -2.32. The van der Waals surface area contributed by atoms with Crippen molar-refractivity contribution in [3.63, 3.8) is 0 Å². The average molecular weight is 435 g/mol. The smallest absolute Gasteiger partial charge is 0.265 e. The summed E-state index contributed by atoms with van der Waals surface area (Å²) in [5.41, 5.74) is 6.37. The van der Waals surface area contributed by atoms with E-state index in [2.05, 4.69) is 5.32 Å². The Labute approximate surface area is 183 Å². The summed E-state index contributed by atoms with van der Waals surface area (Å²) in [7, 11) is -3.84. The minimum atomic E-state index is -3.84. The van der Waals surface area contributed by atoms with Crippen molar-refractivity contribution in [1.29, 1.82) is 0 Å². The first kappa shape index (κ1) is 21.1. The molecule has 1 amide bonds. The number of nitrogens with one attached hydrogen (secondary N) is 1. The van der Waals surface area contributed by atoms with Gasteiger partial charge in [0.15, 0.2) is 0 Å². The zero-order chi connectivity index (χ0) is 22.3. The summed E-state index contributed by atoms with van der Waals surface area (Å²) in [4.78, 5) is 13.1. The van der Waals surface area contributed by atoms with Crippen molar-refractivity contribution in [2.45, 2.75) is 38.6 Å². The highest BCUT2D eigenvalue weighted by atomic mass is 32.2. The Morgan fingerprint density at radius 1 is 0.935 bits per heavy atom. The molecule has 1 aliphatic rings. The molecule has 0 spiro atoms. The van der Waals surface area contributed by atoms with E-state index >= 15 is 0 Å². The van der Waals surface area contributed by atoms with Crippen LogP contribution in [0.1, 0.15) is 35.2 Å². The molecule has 5 nitrogen and oxygen atoms in total. The first-order chi connectivity index (χ1) is 14.7. The zero-order valence-corrected chi connectivity index (χ0v) is 19.0. The Kier molecular flexibility index (Phi) is 5.35. The van der Waals surface area contributed by atoms with Gasteiger partial charge in [-0.1, -0.05) is 48.0 Å². The summed E-state index contributed by atoms with van der Waals surface area (Å²) in [5.74, 6) is -0.347. The maximum atomic E-state index is 13.4. The molecule has 1 heterocycles. The van der Waals surface area contributed by atoms with E-state index in [-0.39, 0.29) is 23.4 Å². The second-order valence-corrected chi connectivity index (χ2v) is 9.99. The van der Waals surface area contributed by atoms with Crippen molar-refractivity contribution < 1.29 is 13.2 Å². The molecule has 4 rings (SSSR count). The fourth-order valence-electron chi connectivity index (χ4n) is 3.95. The first-order valence-electron chi connectivity index (χ1n) is 10.3. The van der Waals surface area contributed by atoms with E-state index < -0.39 is 10.0 Å². The van der Waals surface area contributed by atoms with Crippen LogP contribution in [0.5, 0.6) is 0 Å². The van der Waals surface area contributed by atoms with Crippen molar-refractivity contribution in [2.75, 3.05) is 10.8 Å². The van der Waals surface area contributed by atoms with Crippen LogP contribution in [0, 0.1) is 20.8 Å². The molecule has 6 heteroatoms. The normalized spacial score (nSPS) is 15.0. The maximum absolute atomic E-state index is 13.4. The van der Waals surface area contributed by atoms with Crippen molar-refractivity contribution in [1.82, 2.24) is 5.32 Å². The van der Waals surface area contributed by atoms with E-state index in [9.17, 15) is 13.2 Å². The molecule has 1 atom stereocenters. The first-order valence-corrected chi connectivity index (χ1v) is 11.7. The van der Waals surface area contributed by atoms with E-state index in [1.54, 1.807) is 18.2 Å². The van der Waals surface area contributed by atoms with Crippen molar-refractivity contribution in [2.24, 2.45) is 0 Å². The van der Waals surface area contributed by atoms with Gasteiger partial charge in [-0.2, -0.15) is 0 Å². The molecular formula is C25H26N2O3S. The lowest BCUT2D eigenvalue weighted by atomic mass is 10.0. The Hall–Kier alpha value is -3.12. The highest BCUT2D eigenvalue weighted by molar-refractivity contribution is 7.93. The number of amides is 1. The number of aryl methyl sites for hydroxylation is 3. The Morgan fingerprint density at radius 2 is 1.68 bits per heavy atom. The number of benzene rings is 3. The number of rotatable bonds is 4. The monoisotopic (exact) mass is 434 g/mol. The van der Waals surface area contributed by atoms with Crippen LogP contribution < -0.4 is 9.62 Å². The van der Waals surface area contributed by atoms with E-state index in [4.69, 9.17) is 0 Å². The van der Waals surface area contributed by atoms with Crippen LogP contribution in [0.3, 0.4) is 0 Å². The number of carbonyl (C=O) groups excluding carboxylic acids is 1. The van der Waals surface area contributed by atoms with Gasteiger partial charge in [0.1, 0.15) is 6.54 Å². The number of hydrogen-bond acceptors (Lipinski definition) is 3. The minimum Gasteiger partial charge on any atom is -0.348 e. The summed E-state index contributed by atoms with van der Waals surface area (Å²) >= 11 is 0. The Morgan fingerprint density at radius 3 is 2.42 bits per heavy atom. The van der Waals surface area contributed by atoms with Crippen LogP contribution in [-0.2, 0) is 14.8 Å². The number of hydrogen-bond donors (Lipinski definition) is 1. The largest absolute Gasteiger partial charge is 0.348 e. The second-order valence-electron chi connectivity index (χ2n) is 8.16. The Bertz CT molecular complexity index is 1280. The maximum Gasteiger partial charge on any atom is 0.265 e. The summed E-state index contributed by atoms with van der Waals surface area (Å²) in [6.07, 6.45) is 0. The van der Waals surface area contributed by atoms with Gasteiger partial charge in [-0.05, 0) is 62.6 Å². The molecule has 31 heavy (non-hydrogen) atoms. The third kappa shape index (κ3) is 3.83. The molecule has 1 aliphatic heterocycles. The van der Waals surface area contributed by atoms with Gasteiger partial charge in [0.05, 0.1) is 16.6 Å². The standard InChI is InChI=1S/C25H26N2O3S/c1-16-9-12-23-22(13-16)21-7-5-6-8-24(21)31(29,30)27(23)15-25(28)26-19(4)20-11-10-17(2)18(3)14-20/h5-14,19H,15H2,1-4H3,(H,26,28)/t19-/m1/s1. The summed E-state index contributed by atoms with van der Waals surface area (Å²) in [5, 5.41) is 2.95. The third-order valence-corrected chi connectivity index (χ3v) is 7.68. The molecule has 0 aliphatic carbocycles. The van der Waals surface area contributed by atoms with Crippen LogP contribution in [0.25, 0.3) is 11.1 Å². The summed E-state index contributed by atoms with van der Waals surface area (Å²) in [6, 6.07) is 18.4. The Balaban J connectivity index is 1.65. The van der Waals surface area contributed by atoms with Crippen molar-refractivity contribution in [3.05, 3.63) is 82.9 Å². The SMILES string of the molecule is Cc1ccc2c(c1)-c1ccccc1S(=O)(=O)N2CC(=O)N[C@H](C)c1ccc(C)c(C)c1. The molecule has 0 saturated carbocycles. The topological polar surface area (TPSA) is 66.5 Å². The molecule has 3 aromatic rings. The van der Waals surface area contributed by atoms with Crippen molar-refractivity contribution in [3.8, 4) is 11.1 Å². The summed E-state index contributed by atoms with van der Waals surface area (Å²) < 4.78 is 28.0. The summed E-state index contributed by atoms with van der Waals surface area (Å²) in [6.45, 7) is 7.67. The van der Waals surface area contributed by atoms with Crippen LogP contribution >= 0.6 is 0 Å². The van der Waals surface area contributed by atoms with Crippen molar-refractivity contribution >= 4 is 21.6 Å². The molecular weight excluding hydrogens is 408 g/mol. The van der Waals surface area contributed by atoms with E-state index in [0.717, 1.165) is 22.3 Å². The van der Waals surface area contributed by atoms with Crippen LogP contribution in [-0.4, -0.2) is 20.9 Å². The van der Waals surface area contributed by atoms with Gasteiger partial charge in [-0.25, -0.2) is 8.42 Å². The minimum absolute atomic E-state index is 0.225. The predicted molar refractivity (Wildman–Crippen MR) is 124 cm³/mol. The van der Waals surface area contributed by atoms with Gasteiger partial charge in [0, 0.05) is 11.1 Å². The number of nitrogens with zero attached hydrogens (tertiary/aromatic N) is 1. The van der Waals surface area contributed by atoms with Gasteiger partial charge in [0.2, 0.25) is 5.91 Å². The van der Waals surface area contributed by atoms with Crippen LogP contribution in [0.2, 0.25) is 0 Å². The van der Waals surface area contributed by atoms with Gasteiger partial charge in [0.25, 0.3) is 10.0 Å². The lowest BCUT2D eigenvalue weighted by Crippen LogP contribution is -2.43. The molecule has 160 valence electrons. The van der Waals surface area contributed by atoms with E-state index in [1.165, 1.54) is 9.87 Å². The zero-order valence-electron chi connectivity index (χ0n) is 18.1. The van der Waals surface area contributed by atoms with Gasteiger partial charge in [-0.15, -0.1) is 0 Å². The molecule has 0 saturated heterocycles. The second kappa shape index (κ2) is 7.85. The quantitative estimate of drug-likeness (QED) is 0.649. The molecule has 0 fully saturated rings. The van der Waals surface area contributed by atoms with E-state index in [1.807, 2.05) is 70.2 Å². The van der Waals surface area contributed by atoms with Gasteiger partial charge in [-0.3, -0.25) is 9.10 Å². The lowest BCUT2D eigenvalue weighted by molar-refractivity contribution is -0.120. The molecule has 0 unspecified atom stereocenters. The van der Waals surface area contributed by atoms with E-state index in [0.29, 0.717) is 11.3 Å². The average Bonchev–Trinajstić information content (AvgIpc) is 2.73. The number of anilines is 1. The predicted octanol–water partition coefficient (Wildman–Crippen LogP) is 4.66. The fraction of sp³-hybridized carbons (Fsp3) is 0.240. The molecule has 0 radical (unpaired) electrons. The molecule has 0 bridgehead atoms.